The lowest BCUT2D eigenvalue weighted by molar-refractivity contribution is 0.0963. The van der Waals surface area contributed by atoms with E-state index < -0.39 is 0 Å². The summed E-state index contributed by atoms with van der Waals surface area (Å²) in [7, 11) is 1.64. The van der Waals surface area contributed by atoms with Crippen LogP contribution in [-0.4, -0.2) is 48.5 Å². The lowest BCUT2D eigenvalue weighted by Gasteiger charge is -2.35. The predicted octanol–water partition coefficient (Wildman–Crippen LogP) is 3.32. The third-order valence-electron chi connectivity index (χ3n) is 5.38. The minimum Gasteiger partial charge on any atom is -0.355 e. The summed E-state index contributed by atoms with van der Waals surface area (Å²) >= 11 is 0. The summed E-state index contributed by atoms with van der Waals surface area (Å²) < 4.78 is 13.2. The van der Waals surface area contributed by atoms with Crippen molar-refractivity contribution in [2.75, 3.05) is 31.6 Å². The van der Waals surface area contributed by atoms with Gasteiger partial charge in [-0.3, -0.25) is 9.69 Å². The van der Waals surface area contributed by atoms with Gasteiger partial charge in [-0.25, -0.2) is 9.37 Å². The maximum Gasteiger partial charge on any atom is 0.254 e. The topological polar surface area (TPSA) is 48.5 Å². The Morgan fingerprint density at radius 1 is 1.25 bits per heavy atom. The third-order valence-corrected chi connectivity index (χ3v) is 5.38. The van der Waals surface area contributed by atoms with E-state index in [1.165, 1.54) is 12.1 Å². The fourth-order valence-electron chi connectivity index (χ4n) is 3.87. The van der Waals surface area contributed by atoms with Crippen LogP contribution in [0.15, 0.2) is 42.6 Å². The normalized spacial score (nSPS) is 18.2. The molecule has 150 valence electrons. The van der Waals surface area contributed by atoms with Crippen molar-refractivity contribution >= 4 is 11.7 Å². The first-order valence-corrected chi connectivity index (χ1v) is 9.90. The maximum absolute atomic E-state index is 13.2. The summed E-state index contributed by atoms with van der Waals surface area (Å²) in [4.78, 5) is 21.5. The highest BCUT2D eigenvalue weighted by Gasteiger charge is 2.29. The van der Waals surface area contributed by atoms with Gasteiger partial charge in [-0.15, -0.1) is 0 Å². The molecule has 28 heavy (non-hydrogen) atoms. The summed E-state index contributed by atoms with van der Waals surface area (Å²) in [6.07, 6.45) is 2.72. The summed E-state index contributed by atoms with van der Waals surface area (Å²) in [6, 6.07) is 10.7. The Labute approximate surface area is 166 Å². The summed E-state index contributed by atoms with van der Waals surface area (Å²) in [5, 5.41) is 2.71. The molecule has 2 heterocycles. The second kappa shape index (κ2) is 9.15. The van der Waals surface area contributed by atoms with Gasteiger partial charge in [0.25, 0.3) is 5.91 Å². The molecular formula is C22H29FN4O. The van der Waals surface area contributed by atoms with Gasteiger partial charge in [-0.05, 0) is 42.2 Å². The third kappa shape index (κ3) is 4.68. The van der Waals surface area contributed by atoms with Crippen molar-refractivity contribution in [1.29, 1.82) is 0 Å². The highest BCUT2D eigenvalue weighted by Crippen LogP contribution is 2.25. The van der Waals surface area contributed by atoms with Crippen LogP contribution in [0.1, 0.15) is 36.2 Å². The van der Waals surface area contributed by atoms with Gasteiger partial charge in [-0.1, -0.05) is 26.0 Å². The van der Waals surface area contributed by atoms with E-state index >= 15 is 0 Å². The Morgan fingerprint density at radius 2 is 2.00 bits per heavy atom. The van der Waals surface area contributed by atoms with Gasteiger partial charge in [0.1, 0.15) is 11.6 Å². The van der Waals surface area contributed by atoms with E-state index in [2.05, 4.69) is 33.9 Å². The quantitative estimate of drug-likeness (QED) is 0.859. The molecule has 1 atom stereocenters. The highest BCUT2D eigenvalue weighted by molar-refractivity contribution is 5.98. The second-order valence-corrected chi connectivity index (χ2v) is 7.66. The number of aromatic nitrogens is 1. The molecule has 0 aliphatic carbocycles. The van der Waals surface area contributed by atoms with E-state index in [-0.39, 0.29) is 11.7 Å². The van der Waals surface area contributed by atoms with E-state index in [0.29, 0.717) is 17.5 Å². The van der Waals surface area contributed by atoms with Crippen LogP contribution in [0.4, 0.5) is 10.2 Å². The number of nitrogens with one attached hydrogen (secondary N) is 1. The van der Waals surface area contributed by atoms with Crippen LogP contribution < -0.4 is 10.2 Å². The van der Waals surface area contributed by atoms with Gasteiger partial charge in [0, 0.05) is 45.5 Å². The zero-order valence-corrected chi connectivity index (χ0v) is 16.9. The van der Waals surface area contributed by atoms with Crippen molar-refractivity contribution < 1.29 is 9.18 Å². The number of hydrogen-bond acceptors (Lipinski definition) is 4. The lowest BCUT2D eigenvalue weighted by Crippen LogP contribution is -2.44. The SMILES string of the molecule is CNC(=O)c1cccnc1N1CCCN(Cc2ccc(F)cc2)C(C(C)C)C1. The minimum absolute atomic E-state index is 0.114. The van der Waals surface area contributed by atoms with Crippen molar-refractivity contribution in [1.82, 2.24) is 15.2 Å². The van der Waals surface area contributed by atoms with Gasteiger partial charge >= 0.3 is 0 Å². The molecule has 1 amide bonds. The van der Waals surface area contributed by atoms with E-state index in [1.54, 1.807) is 19.3 Å². The van der Waals surface area contributed by atoms with Crippen LogP contribution in [0.25, 0.3) is 0 Å². The first-order valence-electron chi connectivity index (χ1n) is 9.90. The van der Waals surface area contributed by atoms with Crippen LogP contribution >= 0.6 is 0 Å². The molecule has 3 rings (SSSR count). The molecule has 1 unspecified atom stereocenters. The van der Waals surface area contributed by atoms with Gasteiger partial charge in [0.2, 0.25) is 0 Å². The Bertz CT molecular complexity index is 793. The molecule has 0 saturated carbocycles. The van der Waals surface area contributed by atoms with Gasteiger partial charge in [-0.2, -0.15) is 0 Å². The molecule has 6 heteroatoms. The fraction of sp³-hybridized carbons (Fsp3) is 0.455. The molecule has 1 aliphatic rings. The Balaban J connectivity index is 1.83. The van der Waals surface area contributed by atoms with E-state index in [0.717, 1.165) is 44.0 Å². The molecule has 1 aromatic heterocycles. The van der Waals surface area contributed by atoms with E-state index in [9.17, 15) is 9.18 Å². The Hall–Kier alpha value is -2.47. The number of amides is 1. The van der Waals surface area contributed by atoms with Crippen molar-refractivity contribution in [3.63, 3.8) is 0 Å². The molecule has 1 aliphatic heterocycles. The van der Waals surface area contributed by atoms with Crippen LogP contribution in [0.3, 0.4) is 0 Å². The smallest absolute Gasteiger partial charge is 0.254 e. The molecule has 0 spiro atoms. The first-order chi connectivity index (χ1) is 13.5. The van der Waals surface area contributed by atoms with Crippen LogP contribution in [-0.2, 0) is 6.54 Å². The molecule has 0 bridgehead atoms. The van der Waals surface area contributed by atoms with Crippen molar-refractivity contribution in [2.24, 2.45) is 5.92 Å². The molecular weight excluding hydrogens is 355 g/mol. The molecule has 1 saturated heterocycles. The number of halogens is 1. The average molecular weight is 384 g/mol. The number of benzene rings is 1. The molecule has 0 radical (unpaired) electrons. The predicted molar refractivity (Wildman–Crippen MR) is 110 cm³/mol. The number of carbonyl (C=O) groups excluding carboxylic acids is 1. The number of pyridine rings is 1. The molecule has 5 nitrogen and oxygen atoms in total. The molecule has 1 fully saturated rings. The van der Waals surface area contributed by atoms with Gasteiger partial charge in [0.05, 0.1) is 5.56 Å². The van der Waals surface area contributed by atoms with Crippen LogP contribution in [0.5, 0.6) is 0 Å². The second-order valence-electron chi connectivity index (χ2n) is 7.66. The maximum atomic E-state index is 13.2. The van der Waals surface area contributed by atoms with E-state index in [1.807, 2.05) is 18.2 Å². The first kappa shape index (κ1) is 20.3. The lowest BCUT2D eigenvalue weighted by atomic mass is 10.0. The Morgan fingerprint density at radius 3 is 2.68 bits per heavy atom. The van der Waals surface area contributed by atoms with Crippen LogP contribution in [0.2, 0.25) is 0 Å². The molecule has 1 aromatic carbocycles. The number of hydrogen-bond donors (Lipinski definition) is 1. The summed E-state index contributed by atoms with van der Waals surface area (Å²) in [5.74, 6) is 0.865. The monoisotopic (exact) mass is 384 g/mol. The highest BCUT2D eigenvalue weighted by atomic mass is 19.1. The van der Waals surface area contributed by atoms with Crippen molar-refractivity contribution in [2.45, 2.75) is 32.9 Å². The molecule has 2 aromatic rings. The largest absolute Gasteiger partial charge is 0.355 e. The fourth-order valence-corrected chi connectivity index (χ4v) is 3.87. The summed E-state index contributed by atoms with van der Waals surface area (Å²) in [5.41, 5.74) is 1.73. The summed E-state index contributed by atoms with van der Waals surface area (Å²) in [6.45, 7) is 7.86. The number of nitrogens with zero attached hydrogens (tertiary/aromatic N) is 3. The zero-order valence-electron chi connectivity index (χ0n) is 16.9. The van der Waals surface area contributed by atoms with E-state index in [4.69, 9.17) is 0 Å². The zero-order chi connectivity index (χ0) is 20.1. The number of rotatable bonds is 5. The molecule has 1 N–H and O–H groups in total. The average Bonchev–Trinajstić information content (AvgIpc) is 2.92. The van der Waals surface area contributed by atoms with Gasteiger partial charge < -0.3 is 10.2 Å². The van der Waals surface area contributed by atoms with Crippen molar-refractivity contribution in [3.05, 3.63) is 59.5 Å². The number of carbonyl (C=O) groups is 1. The Kier molecular flexibility index (Phi) is 6.62. The van der Waals surface area contributed by atoms with Crippen molar-refractivity contribution in [3.8, 4) is 0 Å². The van der Waals surface area contributed by atoms with Gasteiger partial charge in [0.15, 0.2) is 0 Å². The van der Waals surface area contributed by atoms with Crippen LogP contribution in [0, 0.1) is 11.7 Å². The standard InChI is InChI=1S/C22H29FN4O/c1-16(2)20-15-27(21-19(22(28)24-3)6-4-11-25-21)13-5-12-26(20)14-17-7-9-18(23)10-8-17/h4,6-11,16,20H,5,12-15H2,1-3H3,(H,24,28). The number of anilines is 1. The minimum atomic E-state index is -0.205.